The van der Waals surface area contributed by atoms with Gasteiger partial charge in [-0.25, -0.2) is 0 Å². The number of nitrogens with one attached hydrogen (secondary N) is 2. The predicted molar refractivity (Wildman–Crippen MR) is 110 cm³/mol. The zero-order chi connectivity index (χ0) is 20.8. The van der Waals surface area contributed by atoms with Gasteiger partial charge in [-0.1, -0.05) is 31.5 Å². The van der Waals surface area contributed by atoms with Crippen molar-refractivity contribution in [2.75, 3.05) is 19.5 Å². The highest BCUT2D eigenvalue weighted by molar-refractivity contribution is 6.31. The molecule has 2 amide bonds. The number of hydrogen-bond donors (Lipinski definition) is 2. The number of benzene rings is 2. The van der Waals surface area contributed by atoms with Gasteiger partial charge in [-0.2, -0.15) is 0 Å². The highest BCUT2D eigenvalue weighted by Gasteiger charge is 2.25. The number of carbonyl (C=O) groups excluding carboxylic acids is 2. The van der Waals surface area contributed by atoms with Gasteiger partial charge < -0.3 is 20.1 Å². The Morgan fingerprint density at radius 3 is 2.11 bits per heavy atom. The van der Waals surface area contributed by atoms with Gasteiger partial charge in [-0.3, -0.25) is 9.59 Å². The van der Waals surface area contributed by atoms with Crippen LogP contribution in [0, 0.1) is 12.8 Å². The van der Waals surface area contributed by atoms with E-state index in [4.69, 9.17) is 21.1 Å². The fourth-order valence-electron chi connectivity index (χ4n) is 2.59. The van der Waals surface area contributed by atoms with Crippen LogP contribution in [0.3, 0.4) is 0 Å². The first-order valence-electron chi connectivity index (χ1n) is 8.86. The lowest BCUT2D eigenvalue weighted by Gasteiger charge is -2.22. The molecule has 2 rings (SSSR count). The summed E-state index contributed by atoms with van der Waals surface area (Å²) in [6, 6.07) is 9.39. The number of carbonyl (C=O) groups is 2. The summed E-state index contributed by atoms with van der Waals surface area (Å²) in [6.07, 6.45) is 0. The van der Waals surface area contributed by atoms with E-state index in [1.807, 2.05) is 26.8 Å². The minimum absolute atomic E-state index is 0.127. The third-order valence-corrected chi connectivity index (χ3v) is 4.70. The van der Waals surface area contributed by atoms with Crippen LogP contribution < -0.4 is 20.1 Å². The van der Waals surface area contributed by atoms with Crippen molar-refractivity contribution >= 4 is 29.1 Å². The third kappa shape index (κ3) is 5.39. The number of methoxy groups -OCH3 is 2. The summed E-state index contributed by atoms with van der Waals surface area (Å²) in [6.45, 7) is 5.60. The molecule has 0 aromatic heterocycles. The summed E-state index contributed by atoms with van der Waals surface area (Å²) in [5.74, 6) is 0.136. The average molecular weight is 405 g/mol. The summed E-state index contributed by atoms with van der Waals surface area (Å²) in [7, 11) is 3.01. The predicted octanol–water partition coefficient (Wildman–Crippen LogP) is 4.06. The second-order valence-corrected chi connectivity index (χ2v) is 7.16. The molecule has 0 aliphatic carbocycles. The molecule has 0 heterocycles. The molecule has 6 nitrogen and oxygen atoms in total. The van der Waals surface area contributed by atoms with Gasteiger partial charge in [0, 0.05) is 22.3 Å². The summed E-state index contributed by atoms with van der Waals surface area (Å²) < 4.78 is 10.4. The molecule has 2 N–H and O–H groups in total. The van der Waals surface area contributed by atoms with Gasteiger partial charge in [0.2, 0.25) is 5.91 Å². The monoisotopic (exact) mass is 404 g/mol. The number of amides is 2. The quantitative estimate of drug-likeness (QED) is 0.729. The number of rotatable bonds is 7. The third-order valence-electron chi connectivity index (χ3n) is 4.29. The van der Waals surface area contributed by atoms with E-state index >= 15 is 0 Å². The van der Waals surface area contributed by atoms with Crippen molar-refractivity contribution in [3.63, 3.8) is 0 Å². The second kappa shape index (κ2) is 9.46. The molecular formula is C21H25ClN2O4. The number of ether oxygens (including phenoxy) is 2. The number of aryl methyl sites for hydroxylation is 1. The Bertz CT molecular complexity index is 845. The average Bonchev–Trinajstić information content (AvgIpc) is 2.67. The van der Waals surface area contributed by atoms with E-state index in [1.54, 1.807) is 30.3 Å². The van der Waals surface area contributed by atoms with Gasteiger partial charge >= 0.3 is 0 Å². The van der Waals surface area contributed by atoms with Crippen molar-refractivity contribution in [2.24, 2.45) is 5.92 Å². The van der Waals surface area contributed by atoms with E-state index < -0.39 is 11.9 Å². The smallest absolute Gasteiger partial charge is 0.252 e. The first kappa shape index (κ1) is 21.6. The van der Waals surface area contributed by atoms with Crippen molar-refractivity contribution in [2.45, 2.75) is 26.8 Å². The van der Waals surface area contributed by atoms with E-state index in [1.165, 1.54) is 14.2 Å². The molecule has 0 fully saturated rings. The van der Waals surface area contributed by atoms with Crippen molar-refractivity contribution < 1.29 is 19.1 Å². The molecule has 0 radical (unpaired) electrons. The molecule has 0 aliphatic heterocycles. The van der Waals surface area contributed by atoms with Gasteiger partial charge in [0.15, 0.2) is 0 Å². The maximum Gasteiger partial charge on any atom is 0.252 e. The highest BCUT2D eigenvalue weighted by atomic mass is 35.5. The summed E-state index contributed by atoms with van der Waals surface area (Å²) in [5, 5.41) is 6.15. The highest BCUT2D eigenvalue weighted by Crippen LogP contribution is 2.23. The number of halogens is 1. The van der Waals surface area contributed by atoms with E-state index in [2.05, 4.69) is 10.6 Å². The van der Waals surface area contributed by atoms with E-state index in [-0.39, 0.29) is 11.8 Å². The van der Waals surface area contributed by atoms with Gasteiger partial charge in [0.25, 0.3) is 5.91 Å². The standard InChI is InChI=1S/C21H25ClN2O4/c1-12(2)19(21(26)23-15-7-6-13(3)18(22)10-15)24-20(25)14-8-16(27-4)11-17(9-14)28-5/h6-12,19H,1-5H3,(H,23,26)(H,24,25)/t19-/m1/s1. The molecule has 2 aromatic carbocycles. The molecule has 0 saturated heterocycles. The second-order valence-electron chi connectivity index (χ2n) is 6.75. The van der Waals surface area contributed by atoms with Crippen LogP contribution in [0.4, 0.5) is 5.69 Å². The fraction of sp³-hybridized carbons (Fsp3) is 0.333. The first-order chi connectivity index (χ1) is 13.2. The van der Waals surface area contributed by atoms with E-state index in [9.17, 15) is 9.59 Å². The molecule has 2 aromatic rings. The molecular weight excluding hydrogens is 380 g/mol. The van der Waals surface area contributed by atoms with Gasteiger partial charge in [-0.15, -0.1) is 0 Å². The summed E-state index contributed by atoms with van der Waals surface area (Å²) in [5.41, 5.74) is 1.83. The van der Waals surface area contributed by atoms with Gasteiger partial charge in [-0.05, 0) is 42.7 Å². The van der Waals surface area contributed by atoms with E-state index in [0.717, 1.165) is 5.56 Å². The number of anilines is 1. The lowest BCUT2D eigenvalue weighted by Crippen LogP contribution is -2.47. The zero-order valence-corrected chi connectivity index (χ0v) is 17.4. The lowest BCUT2D eigenvalue weighted by molar-refractivity contribution is -0.118. The maximum atomic E-state index is 12.7. The molecule has 0 saturated carbocycles. The summed E-state index contributed by atoms with van der Waals surface area (Å²) >= 11 is 6.12. The number of hydrogen-bond acceptors (Lipinski definition) is 4. The Balaban J connectivity index is 2.18. The molecule has 7 heteroatoms. The lowest BCUT2D eigenvalue weighted by atomic mass is 10.0. The molecule has 28 heavy (non-hydrogen) atoms. The van der Waals surface area contributed by atoms with Crippen molar-refractivity contribution in [1.29, 1.82) is 0 Å². The topological polar surface area (TPSA) is 76.7 Å². The van der Waals surface area contributed by atoms with Crippen molar-refractivity contribution in [3.05, 3.63) is 52.5 Å². The van der Waals surface area contributed by atoms with Crippen LogP contribution in [-0.4, -0.2) is 32.1 Å². The Morgan fingerprint density at radius 2 is 1.61 bits per heavy atom. The van der Waals surface area contributed by atoms with Crippen molar-refractivity contribution in [1.82, 2.24) is 5.32 Å². The summed E-state index contributed by atoms with van der Waals surface area (Å²) in [4.78, 5) is 25.5. The maximum absolute atomic E-state index is 12.7. The van der Waals surface area contributed by atoms with Crippen LogP contribution in [0.5, 0.6) is 11.5 Å². The fourth-order valence-corrected chi connectivity index (χ4v) is 2.77. The zero-order valence-electron chi connectivity index (χ0n) is 16.6. The SMILES string of the molecule is COc1cc(OC)cc(C(=O)N[C@@H](C(=O)Nc2ccc(C)c(Cl)c2)C(C)C)c1. The molecule has 1 atom stereocenters. The van der Waals surface area contributed by atoms with Crippen LogP contribution in [0.2, 0.25) is 5.02 Å². The normalized spacial score (nSPS) is 11.7. The van der Waals surface area contributed by atoms with Gasteiger partial charge in [0.05, 0.1) is 14.2 Å². The molecule has 0 spiro atoms. The molecule has 0 unspecified atom stereocenters. The Labute approximate surface area is 170 Å². The Kier molecular flexibility index (Phi) is 7.29. The van der Waals surface area contributed by atoms with Crippen molar-refractivity contribution in [3.8, 4) is 11.5 Å². The Hall–Kier alpha value is -2.73. The minimum Gasteiger partial charge on any atom is -0.497 e. The minimum atomic E-state index is -0.732. The molecule has 0 bridgehead atoms. The van der Waals surface area contributed by atoms with Gasteiger partial charge in [0.1, 0.15) is 17.5 Å². The first-order valence-corrected chi connectivity index (χ1v) is 9.24. The van der Waals surface area contributed by atoms with E-state index in [0.29, 0.717) is 27.8 Å². The largest absolute Gasteiger partial charge is 0.497 e. The van der Waals surface area contributed by atoms with Crippen LogP contribution >= 0.6 is 11.6 Å². The molecule has 150 valence electrons. The van der Waals surface area contributed by atoms with Crippen LogP contribution in [0.1, 0.15) is 29.8 Å². The molecule has 0 aliphatic rings. The van der Waals surface area contributed by atoms with Crippen LogP contribution in [-0.2, 0) is 4.79 Å². The Morgan fingerprint density at radius 1 is 1.00 bits per heavy atom. The van der Waals surface area contributed by atoms with Crippen LogP contribution in [0.25, 0.3) is 0 Å². The van der Waals surface area contributed by atoms with Crippen LogP contribution in [0.15, 0.2) is 36.4 Å².